The maximum absolute atomic E-state index is 4.45. The Morgan fingerprint density at radius 1 is 1.22 bits per heavy atom. The molecule has 1 saturated heterocycles. The van der Waals surface area contributed by atoms with Crippen molar-refractivity contribution >= 4 is 0 Å². The van der Waals surface area contributed by atoms with Crippen molar-refractivity contribution in [3.63, 3.8) is 0 Å². The lowest BCUT2D eigenvalue weighted by molar-refractivity contribution is 0.180. The van der Waals surface area contributed by atoms with Crippen LogP contribution in [0.5, 0.6) is 0 Å². The van der Waals surface area contributed by atoms with Crippen molar-refractivity contribution < 1.29 is 0 Å². The molecule has 1 unspecified atom stereocenters. The van der Waals surface area contributed by atoms with Gasteiger partial charge in [-0.3, -0.25) is 14.9 Å². The van der Waals surface area contributed by atoms with Gasteiger partial charge in [0, 0.05) is 37.6 Å². The van der Waals surface area contributed by atoms with E-state index in [1.54, 1.807) is 0 Å². The third-order valence-corrected chi connectivity index (χ3v) is 3.77. The number of hydrogen-bond donors (Lipinski definition) is 1. The molecular weight excluding hydrogens is 224 g/mol. The molecule has 1 atom stereocenters. The van der Waals surface area contributed by atoms with Crippen LogP contribution in [-0.2, 0) is 6.54 Å². The van der Waals surface area contributed by atoms with Crippen molar-refractivity contribution in [1.29, 1.82) is 0 Å². The summed E-state index contributed by atoms with van der Waals surface area (Å²) < 4.78 is 0. The molecule has 1 aromatic heterocycles. The number of likely N-dealkylation sites (tertiary alicyclic amines) is 1. The van der Waals surface area contributed by atoms with E-state index in [0.717, 1.165) is 30.5 Å². The zero-order valence-electron chi connectivity index (χ0n) is 11.1. The first-order chi connectivity index (χ1) is 8.79. The summed E-state index contributed by atoms with van der Waals surface area (Å²) in [5.74, 6) is 0. The summed E-state index contributed by atoms with van der Waals surface area (Å²) in [5, 5.41) is 3.74. The molecule has 98 valence electrons. The van der Waals surface area contributed by atoms with Gasteiger partial charge in [0.2, 0.25) is 0 Å². The first kappa shape index (κ1) is 12.1. The van der Waals surface area contributed by atoms with Gasteiger partial charge in [0.15, 0.2) is 0 Å². The number of aryl methyl sites for hydroxylation is 1. The molecule has 1 aliphatic carbocycles. The molecule has 1 N–H and O–H groups in total. The molecule has 1 saturated carbocycles. The van der Waals surface area contributed by atoms with Crippen LogP contribution in [0.15, 0.2) is 12.4 Å². The van der Waals surface area contributed by atoms with Gasteiger partial charge < -0.3 is 5.32 Å². The van der Waals surface area contributed by atoms with Gasteiger partial charge in [-0.1, -0.05) is 0 Å². The van der Waals surface area contributed by atoms with E-state index < -0.39 is 0 Å². The van der Waals surface area contributed by atoms with E-state index >= 15 is 0 Å². The standard InChI is InChI=1S/C14H22N4/c1-11-7-16-14(8-15-11)10-18-6-2-3-13(9-18)17-12-4-5-12/h7-8,12-13,17H,2-6,9-10H2,1H3. The van der Waals surface area contributed by atoms with E-state index in [1.165, 1.54) is 32.2 Å². The molecule has 2 heterocycles. The maximum Gasteiger partial charge on any atom is 0.0727 e. The van der Waals surface area contributed by atoms with Gasteiger partial charge in [0.25, 0.3) is 0 Å². The molecule has 2 fully saturated rings. The Kier molecular flexibility index (Phi) is 3.57. The van der Waals surface area contributed by atoms with Gasteiger partial charge >= 0.3 is 0 Å². The average molecular weight is 246 g/mol. The smallest absolute Gasteiger partial charge is 0.0727 e. The second-order valence-corrected chi connectivity index (χ2v) is 5.66. The Morgan fingerprint density at radius 3 is 2.83 bits per heavy atom. The number of nitrogens with zero attached hydrogens (tertiary/aromatic N) is 3. The lowest BCUT2D eigenvalue weighted by Gasteiger charge is -2.33. The summed E-state index contributed by atoms with van der Waals surface area (Å²) in [6.45, 7) is 5.27. The van der Waals surface area contributed by atoms with E-state index in [9.17, 15) is 0 Å². The van der Waals surface area contributed by atoms with Crippen molar-refractivity contribution in [2.24, 2.45) is 0 Å². The summed E-state index contributed by atoms with van der Waals surface area (Å²) >= 11 is 0. The van der Waals surface area contributed by atoms with E-state index in [1.807, 2.05) is 19.3 Å². The fourth-order valence-electron chi connectivity index (χ4n) is 2.65. The minimum atomic E-state index is 0.685. The first-order valence-electron chi connectivity index (χ1n) is 7.05. The molecule has 4 nitrogen and oxygen atoms in total. The van der Waals surface area contributed by atoms with Crippen LogP contribution in [0.2, 0.25) is 0 Å². The number of aromatic nitrogens is 2. The van der Waals surface area contributed by atoms with Crippen LogP contribution < -0.4 is 5.32 Å². The highest BCUT2D eigenvalue weighted by Crippen LogP contribution is 2.22. The van der Waals surface area contributed by atoms with E-state index in [-0.39, 0.29) is 0 Å². The minimum absolute atomic E-state index is 0.685. The lowest BCUT2D eigenvalue weighted by atomic mass is 10.1. The molecule has 4 heteroatoms. The normalized spacial score (nSPS) is 25.3. The Hall–Kier alpha value is -1.00. The summed E-state index contributed by atoms with van der Waals surface area (Å²) in [5.41, 5.74) is 2.08. The average Bonchev–Trinajstić information content (AvgIpc) is 3.17. The Labute approximate surface area is 109 Å². The summed E-state index contributed by atoms with van der Waals surface area (Å²) in [7, 11) is 0. The first-order valence-corrected chi connectivity index (χ1v) is 7.05. The highest BCUT2D eigenvalue weighted by Gasteiger charge is 2.27. The molecule has 0 spiro atoms. The lowest BCUT2D eigenvalue weighted by Crippen LogP contribution is -2.46. The SMILES string of the molecule is Cc1cnc(CN2CCCC(NC3CC3)C2)cn1. The van der Waals surface area contributed by atoms with Crippen molar-refractivity contribution in [3.05, 3.63) is 23.8 Å². The predicted octanol–water partition coefficient (Wildman–Crippen LogP) is 1.50. The fourth-order valence-corrected chi connectivity index (χ4v) is 2.65. The summed E-state index contributed by atoms with van der Waals surface area (Å²) in [6, 6.07) is 1.50. The van der Waals surface area contributed by atoms with Crippen LogP contribution in [0.1, 0.15) is 37.1 Å². The third-order valence-electron chi connectivity index (χ3n) is 3.77. The number of rotatable bonds is 4. The second kappa shape index (κ2) is 5.33. The van der Waals surface area contributed by atoms with Gasteiger partial charge in [-0.2, -0.15) is 0 Å². The highest BCUT2D eigenvalue weighted by atomic mass is 15.2. The Bertz CT molecular complexity index is 385. The topological polar surface area (TPSA) is 41.1 Å². The quantitative estimate of drug-likeness (QED) is 0.874. The van der Waals surface area contributed by atoms with Crippen molar-refractivity contribution in [2.45, 2.75) is 51.2 Å². The molecule has 3 rings (SSSR count). The number of piperidine rings is 1. The van der Waals surface area contributed by atoms with Crippen LogP contribution in [0.4, 0.5) is 0 Å². The van der Waals surface area contributed by atoms with Gasteiger partial charge in [-0.25, -0.2) is 0 Å². The van der Waals surface area contributed by atoms with Crippen LogP contribution in [-0.4, -0.2) is 40.0 Å². The molecule has 0 amide bonds. The van der Waals surface area contributed by atoms with Crippen LogP contribution in [0.3, 0.4) is 0 Å². The number of nitrogens with one attached hydrogen (secondary N) is 1. The second-order valence-electron chi connectivity index (χ2n) is 5.66. The molecule has 2 aliphatic rings. The highest BCUT2D eigenvalue weighted by molar-refractivity contribution is 5.01. The molecule has 18 heavy (non-hydrogen) atoms. The monoisotopic (exact) mass is 246 g/mol. The molecular formula is C14H22N4. The van der Waals surface area contributed by atoms with Gasteiger partial charge in [-0.15, -0.1) is 0 Å². The van der Waals surface area contributed by atoms with E-state index in [0.29, 0.717) is 6.04 Å². The van der Waals surface area contributed by atoms with Crippen LogP contribution in [0, 0.1) is 6.92 Å². The van der Waals surface area contributed by atoms with Gasteiger partial charge in [-0.05, 0) is 39.2 Å². The Balaban J connectivity index is 1.53. The fraction of sp³-hybridized carbons (Fsp3) is 0.714. The van der Waals surface area contributed by atoms with Crippen molar-refractivity contribution in [3.8, 4) is 0 Å². The molecule has 0 aromatic carbocycles. The molecule has 0 radical (unpaired) electrons. The largest absolute Gasteiger partial charge is 0.310 e. The maximum atomic E-state index is 4.45. The minimum Gasteiger partial charge on any atom is -0.310 e. The van der Waals surface area contributed by atoms with Crippen molar-refractivity contribution in [1.82, 2.24) is 20.2 Å². The zero-order valence-corrected chi connectivity index (χ0v) is 11.1. The van der Waals surface area contributed by atoms with Crippen LogP contribution in [0.25, 0.3) is 0 Å². The predicted molar refractivity (Wildman–Crippen MR) is 71.2 cm³/mol. The molecule has 0 bridgehead atoms. The summed E-state index contributed by atoms with van der Waals surface area (Å²) in [6.07, 6.45) is 9.14. The third kappa shape index (κ3) is 3.27. The molecule has 1 aromatic rings. The van der Waals surface area contributed by atoms with Crippen LogP contribution >= 0.6 is 0 Å². The number of hydrogen-bond acceptors (Lipinski definition) is 4. The van der Waals surface area contributed by atoms with Gasteiger partial charge in [0.05, 0.1) is 11.4 Å². The summed E-state index contributed by atoms with van der Waals surface area (Å²) in [4.78, 5) is 11.3. The van der Waals surface area contributed by atoms with E-state index in [4.69, 9.17) is 0 Å². The van der Waals surface area contributed by atoms with E-state index in [2.05, 4.69) is 20.2 Å². The zero-order chi connectivity index (χ0) is 12.4. The molecule has 1 aliphatic heterocycles. The van der Waals surface area contributed by atoms with Gasteiger partial charge in [0.1, 0.15) is 0 Å². The van der Waals surface area contributed by atoms with Crippen molar-refractivity contribution in [2.75, 3.05) is 13.1 Å². The Morgan fingerprint density at radius 2 is 2.11 bits per heavy atom.